The Balaban J connectivity index is 1.87. The van der Waals surface area contributed by atoms with Gasteiger partial charge in [0.25, 0.3) is 0 Å². The van der Waals surface area contributed by atoms with Gasteiger partial charge in [0.05, 0.1) is 20.8 Å². The first-order chi connectivity index (χ1) is 16.1. The monoisotopic (exact) mass is 442 g/mol. The molecule has 4 heteroatoms. The van der Waals surface area contributed by atoms with Gasteiger partial charge < -0.3 is 14.2 Å². The summed E-state index contributed by atoms with van der Waals surface area (Å²) in [7, 11) is 3.23. The standard InChI is InChI=1S/C29H30O4/c1-4-5-19-33-25-15-12-22(13-16-25)11-14-24-20-26(31-2)21-29(32-3)27(24)17-18-28(30)23-9-7-6-8-10-23/h6-18,20-21H,4-5,19H2,1-3H3/b14-11+,18-17+. The summed E-state index contributed by atoms with van der Waals surface area (Å²) in [6.45, 7) is 2.87. The first kappa shape index (κ1) is 23.9. The summed E-state index contributed by atoms with van der Waals surface area (Å²) in [5.41, 5.74) is 3.36. The van der Waals surface area contributed by atoms with Gasteiger partial charge in [0.1, 0.15) is 17.2 Å². The highest BCUT2D eigenvalue weighted by molar-refractivity contribution is 6.07. The highest BCUT2D eigenvalue weighted by Crippen LogP contribution is 2.31. The zero-order chi connectivity index (χ0) is 23.5. The van der Waals surface area contributed by atoms with Gasteiger partial charge in [0.15, 0.2) is 5.78 Å². The van der Waals surface area contributed by atoms with Crippen LogP contribution in [0.5, 0.6) is 17.2 Å². The molecule has 33 heavy (non-hydrogen) atoms. The molecule has 170 valence electrons. The number of ether oxygens (including phenoxy) is 3. The molecule has 0 aromatic heterocycles. The summed E-state index contributed by atoms with van der Waals surface area (Å²) in [5, 5.41) is 0. The Hall–Kier alpha value is -3.79. The van der Waals surface area contributed by atoms with Crippen LogP contribution >= 0.6 is 0 Å². The maximum atomic E-state index is 12.6. The topological polar surface area (TPSA) is 44.8 Å². The molecule has 0 spiro atoms. The van der Waals surface area contributed by atoms with E-state index in [1.165, 1.54) is 0 Å². The van der Waals surface area contributed by atoms with E-state index in [0.29, 0.717) is 17.1 Å². The molecular weight excluding hydrogens is 412 g/mol. The lowest BCUT2D eigenvalue weighted by Gasteiger charge is -2.11. The molecule has 0 amide bonds. The van der Waals surface area contributed by atoms with Gasteiger partial charge in [0, 0.05) is 17.2 Å². The van der Waals surface area contributed by atoms with E-state index in [-0.39, 0.29) is 5.78 Å². The van der Waals surface area contributed by atoms with Crippen LogP contribution in [0.1, 0.15) is 46.8 Å². The van der Waals surface area contributed by atoms with Crippen LogP contribution < -0.4 is 14.2 Å². The molecule has 3 rings (SSSR count). The largest absolute Gasteiger partial charge is 0.497 e. The first-order valence-corrected chi connectivity index (χ1v) is 11.1. The van der Waals surface area contributed by atoms with Crippen LogP contribution in [-0.2, 0) is 0 Å². The van der Waals surface area contributed by atoms with Crippen LogP contribution in [0.15, 0.2) is 72.8 Å². The third kappa shape index (κ3) is 6.84. The molecule has 0 atom stereocenters. The lowest BCUT2D eigenvalue weighted by Crippen LogP contribution is -1.96. The van der Waals surface area contributed by atoms with Gasteiger partial charge >= 0.3 is 0 Å². The minimum Gasteiger partial charge on any atom is -0.497 e. The number of hydrogen-bond acceptors (Lipinski definition) is 4. The smallest absolute Gasteiger partial charge is 0.185 e. The Morgan fingerprint density at radius 3 is 2.27 bits per heavy atom. The molecule has 3 aromatic rings. The van der Waals surface area contributed by atoms with Gasteiger partial charge in [-0.2, -0.15) is 0 Å². The molecular formula is C29H30O4. The highest BCUT2D eigenvalue weighted by Gasteiger charge is 2.10. The van der Waals surface area contributed by atoms with Crippen molar-refractivity contribution in [3.05, 3.63) is 95.1 Å². The van der Waals surface area contributed by atoms with Gasteiger partial charge in [-0.3, -0.25) is 4.79 Å². The number of methoxy groups -OCH3 is 2. The minimum atomic E-state index is -0.0675. The molecule has 0 aliphatic heterocycles. The number of rotatable bonds is 11. The Labute approximate surface area is 196 Å². The Bertz CT molecular complexity index is 1100. The summed E-state index contributed by atoms with van der Waals surface area (Å²) >= 11 is 0. The molecule has 0 N–H and O–H groups in total. The van der Waals surface area contributed by atoms with E-state index in [9.17, 15) is 4.79 Å². The number of unbranched alkanes of at least 4 members (excludes halogenated alkanes) is 1. The first-order valence-electron chi connectivity index (χ1n) is 11.1. The molecule has 0 saturated heterocycles. The van der Waals surface area contributed by atoms with Crippen molar-refractivity contribution in [1.82, 2.24) is 0 Å². The number of ketones is 1. The van der Waals surface area contributed by atoms with Crippen LogP contribution in [0.2, 0.25) is 0 Å². The molecule has 0 radical (unpaired) electrons. The zero-order valence-electron chi connectivity index (χ0n) is 19.4. The number of carbonyl (C=O) groups excluding carboxylic acids is 1. The predicted molar refractivity (Wildman–Crippen MR) is 135 cm³/mol. The van der Waals surface area contributed by atoms with Crippen molar-refractivity contribution < 1.29 is 19.0 Å². The van der Waals surface area contributed by atoms with Gasteiger partial charge in [-0.1, -0.05) is 68.0 Å². The molecule has 0 aliphatic carbocycles. The molecule has 0 aliphatic rings. The van der Waals surface area contributed by atoms with E-state index in [1.54, 1.807) is 38.5 Å². The Morgan fingerprint density at radius 1 is 0.848 bits per heavy atom. The van der Waals surface area contributed by atoms with Crippen LogP contribution in [0.3, 0.4) is 0 Å². The number of benzene rings is 3. The van der Waals surface area contributed by atoms with Crippen molar-refractivity contribution in [1.29, 1.82) is 0 Å². The van der Waals surface area contributed by atoms with Crippen molar-refractivity contribution in [3.63, 3.8) is 0 Å². The van der Waals surface area contributed by atoms with Gasteiger partial charge in [0.2, 0.25) is 0 Å². The maximum Gasteiger partial charge on any atom is 0.185 e. The molecule has 0 saturated carbocycles. The summed E-state index contributed by atoms with van der Waals surface area (Å²) in [4.78, 5) is 12.6. The van der Waals surface area contributed by atoms with E-state index < -0.39 is 0 Å². The second-order valence-electron chi connectivity index (χ2n) is 7.50. The molecule has 0 bridgehead atoms. The molecule has 0 fully saturated rings. The maximum absolute atomic E-state index is 12.6. The number of hydrogen-bond donors (Lipinski definition) is 0. The highest BCUT2D eigenvalue weighted by atomic mass is 16.5. The molecule has 0 heterocycles. The van der Waals surface area contributed by atoms with E-state index in [0.717, 1.165) is 41.9 Å². The van der Waals surface area contributed by atoms with E-state index in [4.69, 9.17) is 14.2 Å². The van der Waals surface area contributed by atoms with Crippen molar-refractivity contribution in [2.45, 2.75) is 19.8 Å². The fraction of sp³-hybridized carbons (Fsp3) is 0.207. The van der Waals surface area contributed by atoms with Gasteiger partial charge in [-0.25, -0.2) is 0 Å². The lowest BCUT2D eigenvalue weighted by molar-refractivity contribution is 0.104. The normalized spacial score (nSPS) is 11.1. The van der Waals surface area contributed by atoms with Crippen LogP contribution in [0.4, 0.5) is 0 Å². The van der Waals surface area contributed by atoms with Gasteiger partial charge in [-0.15, -0.1) is 0 Å². The molecule has 3 aromatic carbocycles. The second-order valence-corrected chi connectivity index (χ2v) is 7.50. The predicted octanol–water partition coefficient (Wildman–Crippen LogP) is 6.95. The quantitative estimate of drug-likeness (QED) is 0.139. The summed E-state index contributed by atoms with van der Waals surface area (Å²) in [6.07, 6.45) is 9.52. The second kappa shape index (κ2) is 12.3. The number of carbonyl (C=O) groups is 1. The van der Waals surface area contributed by atoms with E-state index >= 15 is 0 Å². The molecule has 0 unspecified atom stereocenters. The van der Waals surface area contributed by atoms with Crippen molar-refractivity contribution >= 4 is 24.0 Å². The van der Waals surface area contributed by atoms with Crippen LogP contribution in [0, 0.1) is 0 Å². The summed E-state index contributed by atoms with van der Waals surface area (Å²) in [6, 6.07) is 20.9. The fourth-order valence-corrected chi connectivity index (χ4v) is 3.28. The van der Waals surface area contributed by atoms with Crippen LogP contribution in [-0.4, -0.2) is 26.6 Å². The summed E-state index contributed by atoms with van der Waals surface area (Å²) < 4.78 is 16.8. The average molecular weight is 443 g/mol. The van der Waals surface area contributed by atoms with E-state index in [1.807, 2.05) is 66.7 Å². The average Bonchev–Trinajstić information content (AvgIpc) is 2.87. The van der Waals surface area contributed by atoms with Crippen LogP contribution in [0.25, 0.3) is 18.2 Å². The van der Waals surface area contributed by atoms with Crippen molar-refractivity contribution in [3.8, 4) is 17.2 Å². The third-order valence-electron chi connectivity index (χ3n) is 5.16. The molecule has 4 nitrogen and oxygen atoms in total. The summed E-state index contributed by atoms with van der Waals surface area (Å²) in [5.74, 6) is 2.11. The third-order valence-corrected chi connectivity index (χ3v) is 5.16. The van der Waals surface area contributed by atoms with Gasteiger partial charge in [-0.05, 0) is 47.9 Å². The zero-order valence-corrected chi connectivity index (χ0v) is 19.4. The van der Waals surface area contributed by atoms with E-state index in [2.05, 4.69) is 6.92 Å². The number of allylic oxidation sites excluding steroid dienone is 1. The Morgan fingerprint density at radius 2 is 1.61 bits per heavy atom. The lowest BCUT2D eigenvalue weighted by atomic mass is 10.0. The van der Waals surface area contributed by atoms with Crippen molar-refractivity contribution in [2.75, 3.05) is 20.8 Å². The SMILES string of the molecule is CCCCOc1ccc(/C=C/c2cc(OC)cc(OC)c2/C=C/C(=O)c2ccccc2)cc1. The fourth-order valence-electron chi connectivity index (χ4n) is 3.28. The minimum absolute atomic E-state index is 0.0675. The van der Waals surface area contributed by atoms with Crippen molar-refractivity contribution in [2.24, 2.45) is 0 Å². The Kier molecular flexibility index (Phi) is 8.89.